The van der Waals surface area contributed by atoms with E-state index in [1.54, 1.807) is 6.07 Å². The molecule has 2 aromatic rings. The van der Waals surface area contributed by atoms with Gasteiger partial charge >= 0.3 is 12.1 Å². The van der Waals surface area contributed by atoms with Crippen LogP contribution in [0.25, 0.3) is 10.4 Å². The maximum absolute atomic E-state index is 12.7. The highest BCUT2D eigenvalue weighted by molar-refractivity contribution is 7.91. The number of likely N-dealkylation sites (tertiary alicyclic amines) is 2. The van der Waals surface area contributed by atoms with Crippen LogP contribution in [0.4, 0.5) is 13.2 Å². The molecule has 0 bridgehead atoms. The van der Waals surface area contributed by atoms with Crippen molar-refractivity contribution in [2.24, 2.45) is 0 Å². The van der Waals surface area contributed by atoms with Gasteiger partial charge in [0.2, 0.25) is 10.0 Å². The molecule has 0 spiro atoms. The number of sulfonamides is 1. The van der Waals surface area contributed by atoms with Gasteiger partial charge in [0.25, 0.3) is 0 Å². The summed E-state index contributed by atoms with van der Waals surface area (Å²) < 4.78 is 60.3. The molecule has 1 aromatic carbocycles. The zero-order valence-electron chi connectivity index (χ0n) is 21.3. The minimum atomic E-state index is -5.08. The van der Waals surface area contributed by atoms with Crippen LogP contribution in [0.1, 0.15) is 31.2 Å². The van der Waals surface area contributed by atoms with Gasteiger partial charge < -0.3 is 20.2 Å². The summed E-state index contributed by atoms with van der Waals surface area (Å²) in [6.07, 6.45) is -0.276. The van der Waals surface area contributed by atoms with Crippen molar-refractivity contribution in [2.75, 3.05) is 46.3 Å². The van der Waals surface area contributed by atoms with Crippen molar-refractivity contribution in [3.05, 3.63) is 42.0 Å². The van der Waals surface area contributed by atoms with Crippen molar-refractivity contribution in [3.8, 4) is 10.4 Å². The summed E-state index contributed by atoms with van der Waals surface area (Å²) in [4.78, 5) is 14.6. The topological polar surface area (TPSA) is 102 Å². The van der Waals surface area contributed by atoms with Gasteiger partial charge in [-0.15, -0.1) is 11.3 Å². The maximum Gasteiger partial charge on any atom is 0.490 e. The van der Waals surface area contributed by atoms with E-state index in [1.165, 1.54) is 42.6 Å². The van der Waals surface area contributed by atoms with Gasteiger partial charge in [-0.25, -0.2) is 17.9 Å². The molecule has 212 valence electrons. The fourth-order valence-electron chi connectivity index (χ4n) is 4.34. The molecule has 0 saturated carbocycles. The molecule has 2 aliphatic heterocycles. The second-order valence-electron chi connectivity index (χ2n) is 9.53. The van der Waals surface area contributed by atoms with Gasteiger partial charge in [0.15, 0.2) is 0 Å². The van der Waals surface area contributed by atoms with Gasteiger partial charge in [-0.1, -0.05) is 18.2 Å². The number of piperidine rings is 1. The normalized spacial score (nSPS) is 17.8. The van der Waals surface area contributed by atoms with E-state index in [1.807, 2.05) is 6.07 Å². The van der Waals surface area contributed by atoms with Crippen LogP contribution < -0.4 is 10.0 Å². The number of carbonyl (C=O) groups is 1. The standard InChI is InChI=1S/C23H34N4O2S2.C2HF3O2/c1-26-14-9-21(10-15-26)24-18-19-5-4-6-20(17-19)22-7-8-23(30-22)31(28,29)25-11-16-27-12-2-3-13-27;3-2(4,5)1(6)7/h4-8,17,21,24-25H,2-3,9-16,18H2,1H3;(H,6,7). The molecule has 2 aliphatic rings. The Morgan fingerprint density at radius 1 is 1.11 bits per heavy atom. The van der Waals surface area contributed by atoms with Crippen LogP contribution in [-0.2, 0) is 21.4 Å². The van der Waals surface area contributed by atoms with E-state index in [-0.39, 0.29) is 0 Å². The maximum atomic E-state index is 12.7. The van der Waals surface area contributed by atoms with Crippen molar-refractivity contribution in [3.63, 3.8) is 0 Å². The Kier molecular flexibility index (Phi) is 11.1. The molecular formula is C25H35F3N4O4S2. The molecule has 0 aliphatic carbocycles. The van der Waals surface area contributed by atoms with Crippen molar-refractivity contribution >= 4 is 27.3 Å². The first kappa shape index (κ1) is 30.5. The highest BCUT2D eigenvalue weighted by Crippen LogP contribution is 2.31. The van der Waals surface area contributed by atoms with Crippen LogP contribution in [0.15, 0.2) is 40.6 Å². The van der Waals surface area contributed by atoms with Crippen LogP contribution in [0.2, 0.25) is 0 Å². The van der Waals surface area contributed by atoms with E-state index in [0.717, 1.165) is 49.7 Å². The summed E-state index contributed by atoms with van der Waals surface area (Å²) in [5.41, 5.74) is 2.31. The minimum Gasteiger partial charge on any atom is -0.475 e. The van der Waals surface area contributed by atoms with E-state index < -0.39 is 22.2 Å². The van der Waals surface area contributed by atoms with Crippen LogP contribution in [0, 0.1) is 0 Å². The van der Waals surface area contributed by atoms with Crippen molar-refractivity contribution in [2.45, 2.75) is 48.7 Å². The molecule has 4 rings (SSSR count). The number of hydrogen-bond acceptors (Lipinski definition) is 7. The average Bonchev–Trinajstić information content (AvgIpc) is 3.57. The number of thiophene rings is 1. The van der Waals surface area contributed by atoms with Gasteiger partial charge in [0.1, 0.15) is 4.21 Å². The molecule has 2 saturated heterocycles. The number of aliphatic carboxylic acids is 1. The lowest BCUT2D eigenvalue weighted by Crippen LogP contribution is -2.40. The van der Waals surface area contributed by atoms with E-state index in [9.17, 15) is 21.6 Å². The predicted molar refractivity (Wildman–Crippen MR) is 142 cm³/mol. The third-order valence-electron chi connectivity index (χ3n) is 6.53. The first-order valence-electron chi connectivity index (χ1n) is 12.6. The zero-order valence-corrected chi connectivity index (χ0v) is 23.0. The van der Waals surface area contributed by atoms with E-state index in [4.69, 9.17) is 9.90 Å². The number of alkyl halides is 3. The summed E-state index contributed by atoms with van der Waals surface area (Å²) in [5, 5.41) is 10.8. The van der Waals surface area contributed by atoms with E-state index in [0.29, 0.717) is 16.8 Å². The Morgan fingerprint density at radius 3 is 2.39 bits per heavy atom. The second kappa shape index (κ2) is 13.9. The Hall–Kier alpha value is -2.03. The molecule has 0 radical (unpaired) electrons. The van der Waals surface area contributed by atoms with Gasteiger partial charge in [0.05, 0.1) is 0 Å². The number of hydrogen-bond donors (Lipinski definition) is 3. The minimum absolute atomic E-state index is 0.388. The predicted octanol–water partition coefficient (Wildman–Crippen LogP) is 3.61. The molecular weight excluding hydrogens is 541 g/mol. The summed E-state index contributed by atoms with van der Waals surface area (Å²) in [7, 11) is -1.27. The smallest absolute Gasteiger partial charge is 0.475 e. The number of carboxylic acids is 1. The molecule has 3 heterocycles. The summed E-state index contributed by atoms with van der Waals surface area (Å²) in [5.74, 6) is -2.76. The Balaban J connectivity index is 0.000000505. The number of carboxylic acid groups (broad SMARTS) is 1. The number of nitrogens with zero attached hydrogens (tertiary/aromatic N) is 2. The fourth-order valence-corrected chi connectivity index (χ4v) is 6.71. The van der Waals surface area contributed by atoms with Crippen LogP contribution in [0.3, 0.4) is 0 Å². The molecule has 0 unspecified atom stereocenters. The highest BCUT2D eigenvalue weighted by Gasteiger charge is 2.38. The lowest BCUT2D eigenvalue weighted by molar-refractivity contribution is -0.192. The Labute approximate surface area is 225 Å². The third-order valence-corrected chi connectivity index (χ3v) is 9.62. The summed E-state index contributed by atoms with van der Waals surface area (Å²) >= 11 is 1.34. The van der Waals surface area contributed by atoms with Crippen LogP contribution >= 0.6 is 11.3 Å². The molecule has 0 atom stereocenters. The van der Waals surface area contributed by atoms with Gasteiger partial charge in [-0.2, -0.15) is 13.2 Å². The van der Waals surface area contributed by atoms with Gasteiger partial charge in [-0.05, 0) is 88.2 Å². The monoisotopic (exact) mass is 576 g/mol. The Bertz CT molecular complexity index is 1140. The lowest BCUT2D eigenvalue weighted by atomic mass is 10.0. The number of benzene rings is 1. The lowest BCUT2D eigenvalue weighted by Gasteiger charge is -2.29. The van der Waals surface area contributed by atoms with Crippen molar-refractivity contribution < 1.29 is 31.5 Å². The largest absolute Gasteiger partial charge is 0.490 e. The third kappa shape index (κ3) is 9.62. The van der Waals surface area contributed by atoms with Crippen LogP contribution in [-0.4, -0.2) is 87.8 Å². The zero-order chi connectivity index (χ0) is 27.8. The molecule has 1 aromatic heterocycles. The first-order valence-corrected chi connectivity index (χ1v) is 14.9. The number of rotatable bonds is 9. The van der Waals surface area contributed by atoms with Gasteiger partial charge in [0, 0.05) is 30.6 Å². The highest BCUT2D eigenvalue weighted by atomic mass is 32.2. The average molecular weight is 577 g/mol. The molecule has 13 heteroatoms. The SMILES string of the molecule is CN1CCC(NCc2cccc(-c3ccc(S(=O)(=O)NCCN4CCCC4)s3)c2)CC1.O=C(O)C(F)(F)F. The molecule has 38 heavy (non-hydrogen) atoms. The first-order chi connectivity index (χ1) is 17.9. The van der Waals surface area contributed by atoms with E-state index in [2.05, 4.69) is 51.2 Å². The van der Waals surface area contributed by atoms with Gasteiger partial charge in [-0.3, -0.25) is 0 Å². The Morgan fingerprint density at radius 2 is 1.76 bits per heavy atom. The van der Waals surface area contributed by atoms with E-state index >= 15 is 0 Å². The number of nitrogens with one attached hydrogen (secondary N) is 2. The molecule has 2 fully saturated rings. The van der Waals surface area contributed by atoms with Crippen molar-refractivity contribution in [1.29, 1.82) is 0 Å². The van der Waals surface area contributed by atoms with Crippen LogP contribution in [0.5, 0.6) is 0 Å². The molecule has 0 amide bonds. The summed E-state index contributed by atoms with van der Waals surface area (Å²) in [6.45, 7) is 6.54. The summed E-state index contributed by atoms with van der Waals surface area (Å²) in [6, 6.07) is 12.6. The van der Waals surface area contributed by atoms with Crippen molar-refractivity contribution in [1.82, 2.24) is 19.8 Å². The molecule has 8 nitrogen and oxygen atoms in total. The molecule has 3 N–H and O–H groups in total. The number of halogens is 3. The quantitative estimate of drug-likeness (QED) is 0.419. The second-order valence-corrected chi connectivity index (χ2v) is 12.6. The fraction of sp³-hybridized carbons (Fsp3) is 0.560.